The van der Waals surface area contributed by atoms with E-state index in [0.717, 1.165) is 33.6 Å². The number of thioether (sulfide) groups is 1. The fourth-order valence-corrected chi connectivity index (χ4v) is 3.05. The molecule has 1 N–H and O–H groups in total. The molecule has 1 aromatic heterocycles. The van der Waals surface area contributed by atoms with Crippen molar-refractivity contribution in [2.24, 2.45) is 0 Å². The van der Waals surface area contributed by atoms with E-state index in [1.165, 1.54) is 18.3 Å². The number of nitrogens with zero attached hydrogens (tertiary/aromatic N) is 1. The van der Waals surface area contributed by atoms with Crippen LogP contribution < -0.4 is 10.1 Å². The predicted molar refractivity (Wildman–Crippen MR) is 90.6 cm³/mol. The van der Waals surface area contributed by atoms with Crippen LogP contribution in [0.5, 0.6) is 5.75 Å². The number of hydrogen-bond donors (Lipinski definition) is 1. The molecular formula is C15H16N2O3S2. The zero-order valence-electron chi connectivity index (χ0n) is 12.5. The first-order chi connectivity index (χ1) is 10.5. The molecule has 0 radical (unpaired) electrons. The SMILES string of the molecule is COc1ccc(-c2nc(NC(=O)CSC(C)=O)sc2C)cc1. The van der Waals surface area contributed by atoms with Crippen molar-refractivity contribution < 1.29 is 14.3 Å². The maximum atomic E-state index is 11.7. The number of amides is 1. The zero-order valence-corrected chi connectivity index (χ0v) is 14.1. The van der Waals surface area contributed by atoms with E-state index in [4.69, 9.17) is 4.74 Å². The Morgan fingerprint density at radius 3 is 2.59 bits per heavy atom. The number of carbonyl (C=O) groups is 2. The molecule has 0 atom stereocenters. The van der Waals surface area contributed by atoms with Crippen LogP contribution in [0.3, 0.4) is 0 Å². The fraction of sp³-hybridized carbons (Fsp3) is 0.267. The Morgan fingerprint density at radius 1 is 1.32 bits per heavy atom. The number of carbonyl (C=O) groups excluding carboxylic acids is 2. The Labute approximate surface area is 137 Å². The molecule has 2 aromatic rings. The molecule has 116 valence electrons. The third-order valence-corrected chi connectivity index (χ3v) is 4.51. The summed E-state index contributed by atoms with van der Waals surface area (Å²) in [4.78, 5) is 28.0. The van der Waals surface area contributed by atoms with Crippen LogP contribution in [0.1, 0.15) is 11.8 Å². The van der Waals surface area contributed by atoms with Crippen LogP contribution in [0, 0.1) is 6.92 Å². The van der Waals surface area contributed by atoms with Crippen molar-refractivity contribution in [2.75, 3.05) is 18.2 Å². The Bertz CT molecular complexity index is 681. The lowest BCUT2D eigenvalue weighted by Crippen LogP contribution is -2.14. The van der Waals surface area contributed by atoms with Crippen molar-refractivity contribution >= 4 is 39.3 Å². The second-order valence-corrected chi connectivity index (χ2v) is 6.84. The highest BCUT2D eigenvalue weighted by Gasteiger charge is 2.12. The summed E-state index contributed by atoms with van der Waals surface area (Å²) in [6, 6.07) is 7.60. The van der Waals surface area contributed by atoms with E-state index in [1.54, 1.807) is 7.11 Å². The normalized spacial score (nSPS) is 10.3. The first-order valence-electron chi connectivity index (χ1n) is 6.54. The van der Waals surface area contributed by atoms with Crippen molar-refractivity contribution in [1.29, 1.82) is 0 Å². The lowest BCUT2D eigenvalue weighted by Gasteiger charge is -2.02. The number of aromatic nitrogens is 1. The van der Waals surface area contributed by atoms with Crippen LogP contribution >= 0.6 is 23.1 Å². The van der Waals surface area contributed by atoms with Gasteiger partial charge in [-0.15, -0.1) is 11.3 Å². The van der Waals surface area contributed by atoms with Crippen LogP contribution in [0.2, 0.25) is 0 Å². The molecule has 1 aromatic carbocycles. The van der Waals surface area contributed by atoms with Gasteiger partial charge in [0.1, 0.15) is 5.75 Å². The van der Waals surface area contributed by atoms with E-state index >= 15 is 0 Å². The van der Waals surface area contributed by atoms with Crippen molar-refractivity contribution in [3.8, 4) is 17.0 Å². The summed E-state index contributed by atoms with van der Waals surface area (Å²) in [5.41, 5.74) is 1.80. The fourth-order valence-electron chi connectivity index (χ4n) is 1.79. The number of ether oxygens (including phenoxy) is 1. The highest BCUT2D eigenvalue weighted by Crippen LogP contribution is 2.31. The van der Waals surface area contributed by atoms with Crippen LogP contribution in [0.25, 0.3) is 11.3 Å². The van der Waals surface area contributed by atoms with Gasteiger partial charge in [0.25, 0.3) is 0 Å². The maximum absolute atomic E-state index is 11.7. The molecule has 0 aliphatic rings. The standard InChI is InChI=1S/C15H16N2O3S2/c1-9-14(11-4-6-12(20-3)7-5-11)17-15(22-9)16-13(19)8-21-10(2)18/h4-7H,8H2,1-3H3,(H,16,17,19). The molecule has 1 heterocycles. The lowest BCUT2D eigenvalue weighted by molar-refractivity contribution is -0.114. The van der Waals surface area contributed by atoms with Gasteiger partial charge >= 0.3 is 0 Å². The van der Waals surface area contributed by atoms with Crippen LogP contribution in [0.15, 0.2) is 24.3 Å². The van der Waals surface area contributed by atoms with E-state index in [0.29, 0.717) is 5.13 Å². The molecule has 2 rings (SSSR count). The van der Waals surface area contributed by atoms with Gasteiger partial charge in [0, 0.05) is 17.4 Å². The molecule has 0 unspecified atom stereocenters. The van der Waals surface area contributed by atoms with Gasteiger partial charge in [-0.1, -0.05) is 11.8 Å². The minimum atomic E-state index is -0.227. The first-order valence-corrected chi connectivity index (χ1v) is 8.35. The molecular weight excluding hydrogens is 320 g/mol. The van der Waals surface area contributed by atoms with E-state index in [2.05, 4.69) is 10.3 Å². The number of rotatable bonds is 5. The number of benzene rings is 1. The molecule has 0 fully saturated rings. The summed E-state index contributed by atoms with van der Waals surface area (Å²) in [5, 5.41) is 3.18. The molecule has 0 aliphatic heterocycles. The van der Waals surface area contributed by atoms with Crippen molar-refractivity contribution in [1.82, 2.24) is 4.98 Å². The molecule has 22 heavy (non-hydrogen) atoms. The second kappa shape index (κ2) is 7.42. The summed E-state index contributed by atoms with van der Waals surface area (Å²) in [7, 11) is 1.62. The summed E-state index contributed by atoms with van der Waals surface area (Å²) in [5.74, 6) is 0.660. The topological polar surface area (TPSA) is 68.3 Å². The van der Waals surface area contributed by atoms with Gasteiger partial charge in [0.15, 0.2) is 10.2 Å². The monoisotopic (exact) mass is 336 g/mol. The molecule has 7 heteroatoms. The highest BCUT2D eigenvalue weighted by atomic mass is 32.2. The minimum Gasteiger partial charge on any atom is -0.497 e. The van der Waals surface area contributed by atoms with Crippen LogP contribution in [-0.4, -0.2) is 28.9 Å². The average Bonchev–Trinajstić information content (AvgIpc) is 2.85. The van der Waals surface area contributed by atoms with E-state index in [-0.39, 0.29) is 16.8 Å². The van der Waals surface area contributed by atoms with Gasteiger partial charge in [0.05, 0.1) is 18.6 Å². The summed E-state index contributed by atoms with van der Waals surface area (Å²) < 4.78 is 5.13. The smallest absolute Gasteiger partial charge is 0.236 e. The number of hydrogen-bond acceptors (Lipinski definition) is 6. The van der Waals surface area contributed by atoms with Crippen molar-refractivity contribution in [3.63, 3.8) is 0 Å². The third kappa shape index (κ3) is 4.32. The van der Waals surface area contributed by atoms with E-state index < -0.39 is 0 Å². The number of aryl methyl sites for hydroxylation is 1. The van der Waals surface area contributed by atoms with Crippen molar-refractivity contribution in [3.05, 3.63) is 29.1 Å². The number of nitrogens with one attached hydrogen (secondary N) is 1. The number of anilines is 1. The van der Waals surface area contributed by atoms with Gasteiger partial charge in [-0.25, -0.2) is 4.98 Å². The van der Waals surface area contributed by atoms with Gasteiger partial charge in [-0.05, 0) is 31.2 Å². The van der Waals surface area contributed by atoms with Gasteiger partial charge in [0.2, 0.25) is 5.91 Å². The van der Waals surface area contributed by atoms with Gasteiger partial charge in [-0.3, -0.25) is 9.59 Å². The molecule has 0 saturated heterocycles. The third-order valence-electron chi connectivity index (χ3n) is 2.81. The molecule has 1 amide bonds. The Hall–Kier alpha value is -1.86. The molecule has 0 bridgehead atoms. The molecule has 0 spiro atoms. The Balaban J connectivity index is 2.10. The molecule has 0 aliphatic carbocycles. The molecule has 0 saturated carbocycles. The average molecular weight is 336 g/mol. The zero-order chi connectivity index (χ0) is 16.1. The largest absolute Gasteiger partial charge is 0.497 e. The van der Waals surface area contributed by atoms with Crippen LogP contribution in [-0.2, 0) is 9.59 Å². The summed E-state index contributed by atoms with van der Waals surface area (Å²) in [6.07, 6.45) is 0. The highest BCUT2D eigenvalue weighted by molar-refractivity contribution is 8.14. The predicted octanol–water partition coefficient (Wildman–Crippen LogP) is 3.35. The quantitative estimate of drug-likeness (QED) is 0.907. The van der Waals surface area contributed by atoms with E-state index in [1.807, 2.05) is 31.2 Å². The van der Waals surface area contributed by atoms with Crippen molar-refractivity contribution in [2.45, 2.75) is 13.8 Å². The summed E-state index contributed by atoms with van der Waals surface area (Å²) in [6.45, 7) is 3.39. The Morgan fingerprint density at radius 2 is 2.00 bits per heavy atom. The van der Waals surface area contributed by atoms with Gasteiger partial charge < -0.3 is 10.1 Å². The second-order valence-electron chi connectivity index (χ2n) is 4.48. The van der Waals surface area contributed by atoms with Crippen LogP contribution in [0.4, 0.5) is 5.13 Å². The number of methoxy groups -OCH3 is 1. The molecule has 5 nitrogen and oxygen atoms in total. The number of thiazole rings is 1. The van der Waals surface area contributed by atoms with E-state index in [9.17, 15) is 9.59 Å². The maximum Gasteiger partial charge on any atom is 0.236 e. The Kier molecular flexibility index (Phi) is 5.57. The minimum absolute atomic E-state index is 0.0793. The summed E-state index contributed by atoms with van der Waals surface area (Å²) >= 11 is 2.40. The first kappa shape index (κ1) is 16.5. The van der Waals surface area contributed by atoms with Gasteiger partial charge in [-0.2, -0.15) is 0 Å². The lowest BCUT2D eigenvalue weighted by atomic mass is 10.1.